The zero-order valence-corrected chi connectivity index (χ0v) is 22.5. The van der Waals surface area contributed by atoms with Gasteiger partial charge >= 0.3 is 11.9 Å². The number of carbonyl (C=O) groups excluding carboxylic acids is 1. The fraction of sp³-hybridized carbons (Fsp3) is 0.516. The molecule has 0 spiro atoms. The predicted octanol–water partition coefficient (Wildman–Crippen LogP) is 5.68. The molecule has 0 radical (unpaired) electrons. The molecule has 1 saturated carbocycles. The van der Waals surface area contributed by atoms with Crippen molar-refractivity contribution < 1.29 is 34.1 Å². The van der Waals surface area contributed by atoms with E-state index in [1.54, 1.807) is 0 Å². The molecule has 0 aromatic heterocycles. The highest BCUT2D eigenvalue weighted by molar-refractivity contribution is 6.00. The third kappa shape index (κ3) is 8.47. The summed E-state index contributed by atoms with van der Waals surface area (Å²) < 4.78 is 11.8. The van der Waals surface area contributed by atoms with Crippen molar-refractivity contribution in [1.29, 1.82) is 0 Å². The summed E-state index contributed by atoms with van der Waals surface area (Å²) in [6, 6.07) is 12.4. The lowest BCUT2D eigenvalue weighted by atomic mass is 9.86. The number of nitrogens with zero attached hydrogens (tertiary/aromatic N) is 1. The second-order valence-electron chi connectivity index (χ2n) is 10.8. The van der Waals surface area contributed by atoms with E-state index in [1.807, 2.05) is 12.1 Å². The summed E-state index contributed by atoms with van der Waals surface area (Å²) in [7, 11) is 0. The summed E-state index contributed by atoms with van der Waals surface area (Å²) in [5, 5.41) is 18.3. The average Bonchev–Trinajstić information content (AvgIpc) is 2.91. The number of carboxylic acids is 2. The molecule has 1 amide bonds. The molecule has 39 heavy (non-hydrogen) atoms. The Labute approximate surface area is 229 Å². The van der Waals surface area contributed by atoms with Crippen LogP contribution in [0.1, 0.15) is 84.1 Å². The maximum atomic E-state index is 13.0. The first-order valence-electron chi connectivity index (χ1n) is 14.1. The van der Waals surface area contributed by atoms with Crippen LogP contribution in [0.4, 0.5) is 0 Å². The summed E-state index contributed by atoms with van der Waals surface area (Å²) in [4.78, 5) is 36.9. The van der Waals surface area contributed by atoms with Gasteiger partial charge in [0.15, 0.2) is 0 Å². The predicted molar refractivity (Wildman–Crippen MR) is 147 cm³/mol. The zero-order chi connectivity index (χ0) is 27.6. The molecule has 2 N–H and O–H groups in total. The van der Waals surface area contributed by atoms with Gasteiger partial charge in [-0.25, -0.2) is 4.79 Å². The van der Waals surface area contributed by atoms with Gasteiger partial charge in [-0.3, -0.25) is 9.59 Å². The van der Waals surface area contributed by atoms with Gasteiger partial charge in [-0.2, -0.15) is 0 Å². The van der Waals surface area contributed by atoms with E-state index in [-0.39, 0.29) is 29.4 Å². The van der Waals surface area contributed by atoms with Crippen molar-refractivity contribution in [2.24, 2.45) is 11.8 Å². The summed E-state index contributed by atoms with van der Waals surface area (Å²) in [6.07, 6.45) is 10.8. The van der Waals surface area contributed by atoms with E-state index >= 15 is 0 Å². The number of carboxylic acid groups (broad SMARTS) is 2. The quantitative estimate of drug-likeness (QED) is 0.298. The van der Waals surface area contributed by atoms with E-state index in [2.05, 4.69) is 12.1 Å². The topological polar surface area (TPSA) is 113 Å². The van der Waals surface area contributed by atoms with E-state index in [4.69, 9.17) is 14.6 Å². The number of aliphatic carboxylic acids is 1. The van der Waals surface area contributed by atoms with Crippen molar-refractivity contribution in [2.45, 2.75) is 64.2 Å². The fourth-order valence-corrected chi connectivity index (χ4v) is 5.49. The number of carbonyl (C=O) groups is 3. The number of hydrogen-bond acceptors (Lipinski definition) is 5. The van der Waals surface area contributed by atoms with Crippen molar-refractivity contribution in [2.75, 3.05) is 26.3 Å². The van der Waals surface area contributed by atoms with Crippen molar-refractivity contribution in [3.05, 3.63) is 59.2 Å². The minimum Gasteiger partial charge on any atom is -0.494 e. The number of aryl methyl sites for hydroxylation is 1. The summed E-state index contributed by atoms with van der Waals surface area (Å²) in [6.45, 7) is 1.79. The number of rotatable bonds is 14. The van der Waals surface area contributed by atoms with E-state index in [0.717, 1.165) is 43.1 Å². The maximum absolute atomic E-state index is 13.0. The lowest BCUT2D eigenvalue weighted by molar-refractivity contribution is -0.139. The van der Waals surface area contributed by atoms with Crippen LogP contribution in [0, 0.1) is 11.8 Å². The molecule has 2 aliphatic rings. The van der Waals surface area contributed by atoms with Crippen LogP contribution < -0.4 is 9.47 Å². The van der Waals surface area contributed by atoms with Gasteiger partial charge in [0.2, 0.25) is 0 Å². The third-order valence-electron chi connectivity index (χ3n) is 7.71. The van der Waals surface area contributed by atoms with Crippen LogP contribution in [0.2, 0.25) is 0 Å². The highest BCUT2D eigenvalue weighted by Gasteiger charge is 2.34. The molecule has 2 aromatic carbocycles. The molecule has 4 rings (SSSR count). The van der Waals surface area contributed by atoms with E-state index < -0.39 is 11.9 Å². The molecule has 8 heteroatoms. The summed E-state index contributed by atoms with van der Waals surface area (Å²) in [5.74, 6) is -0.347. The van der Waals surface area contributed by atoms with Gasteiger partial charge in [0.25, 0.3) is 5.91 Å². The molecule has 0 atom stereocenters. The van der Waals surface area contributed by atoms with Crippen LogP contribution in [-0.2, 0) is 11.2 Å². The maximum Gasteiger partial charge on any atom is 0.335 e. The Morgan fingerprint density at radius 2 is 1.56 bits per heavy atom. The zero-order valence-electron chi connectivity index (χ0n) is 22.5. The van der Waals surface area contributed by atoms with E-state index in [0.29, 0.717) is 25.4 Å². The molecule has 8 nitrogen and oxygen atoms in total. The Morgan fingerprint density at radius 1 is 0.846 bits per heavy atom. The highest BCUT2D eigenvalue weighted by Crippen LogP contribution is 2.28. The Hall–Kier alpha value is -3.55. The van der Waals surface area contributed by atoms with Crippen LogP contribution >= 0.6 is 0 Å². The minimum absolute atomic E-state index is 0.00426. The molecular formula is C31H39NO7. The number of hydrogen-bond donors (Lipinski definition) is 2. The number of likely N-dealkylation sites (tertiary alicyclic amines) is 1. The van der Waals surface area contributed by atoms with Crippen LogP contribution in [0.15, 0.2) is 42.5 Å². The van der Waals surface area contributed by atoms with Gasteiger partial charge in [-0.1, -0.05) is 44.2 Å². The molecule has 1 saturated heterocycles. The average molecular weight is 538 g/mol. The molecular weight excluding hydrogens is 498 g/mol. The van der Waals surface area contributed by atoms with Gasteiger partial charge in [-0.05, 0) is 67.5 Å². The van der Waals surface area contributed by atoms with Crippen LogP contribution in [-0.4, -0.2) is 59.3 Å². The molecule has 210 valence electrons. The lowest BCUT2D eigenvalue weighted by Crippen LogP contribution is -2.50. The van der Waals surface area contributed by atoms with E-state index in [9.17, 15) is 19.5 Å². The van der Waals surface area contributed by atoms with Crippen molar-refractivity contribution in [1.82, 2.24) is 4.90 Å². The SMILES string of the molecule is O=C(O)CC1CN(C(=O)c2cc(C(=O)O)ccc2OCCCc2ccc(OCCCC3CCCCC3)cc2)C1. The van der Waals surface area contributed by atoms with Gasteiger partial charge in [0.1, 0.15) is 11.5 Å². The number of ether oxygens (including phenoxy) is 2. The Morgan fingerprint density at radius 3 is 2.26 bits per heavy atom. The van der Waals surface area contributed by atoms with Crippen LogP contribution in [0.3, 0.4) is 0 Å². The normalized spacial score (nSPS) is 15.9. The summed E-state index contributed by atoms with van der Waals surface area (Å²) >= 11 is 0. The molecule has 0 unspecified atom stereocenters. The van der Waals surface area contributed by atoms with Crippen LogP contribution in [0.5, 0.6) is 11.5 Å². The molecule has 2 fully saturated rings. The fourth-order valence-electron chi connectivity index (χ4n) is 5.49. The Bertz CT molecular complexity index is 1120. The molecule has 1 aliphatic carbocycles. The third-order valence-corrected chi connectivity index (χ3v) is 7.71. The monoisotopic (exact) mass is 537 g/mol. The largest absolute Gasteiger partial charge is 0.494 e. The van der Waals surface area contributed by atoms with Gasteiger partial charge in [0.05, 0.1) is 30.8 Å². The number of amides is 1. The smallest absolute Gasteiger partial charge is 0.335 e. The second kappa shape index (κ2) is 14.0. The first kappa shape index (κ1) is 28.5. The molecule has 2 aromatic rings. The lowest BCUT2D eigenvalue weighted by Gasteiger charge is -2.38. The van der Waals surface area contributed by atoms with Crippen LogP contribution in [0.25, 0.3) is 0 Å². The molecule has 1 heterocycles. The first-order chi connectivity index (χ1) is 18.9. The number of benzene rings is 2. The van der Waals surface area contributed by atoms with Gasteiger partial charge in [0, 0.05) is 19.0 Å². The highest BCUT2D eigenvalue weighted by atomic mass is 16.5. The molecule has 0 bridgehead atoms. The van der Waals surface area contributed by atoms with Gasteiger partial charge in [-0.15, -0.1) is 0 Å². The molecule has 1 aliphatic heterocycles. The first-order valence-corrected chi connectivity index (χ1v) is 14.1. The Balaban J connectivity index is 1.22. The standard InChI is InChI=1S/C31H39NO7/c33-29(34)18-24-20-32(21-24)30(35)27-19-25(31(36)37)12-15-28(27)39-17-5-9-23-10-13-26(14-11-23)38-16-4-8-22-6-2-1-3-7-22/h10-15,19,22,24H,1-9,16-18,20-21H2,(H,33,34)(H,36,37). The summed E-state index contributed by atoms with van der Waals surface area (Å²) in [5.41, 5.74) is 1.36. The Kier molecular flexibility index (Phi) is 10.2. The van der Waals surface area contributed by atoms with Crippen molar-refractivity contribution in [3.8, 4) is 11.5 Å². The van der Waals surface area contributed by atoms with Gasteiger partial charge < -0.3 is 24.6 Å². The second-order valence-corrected chi connectivity index (χ2v) is 10.8. The minimum atomic E-state index is -1.13. The van der Waals surface area contributed by atoms with Crippen molar-refractivity contribution in [3.63, 3.8) is 0 Å². The number of aromatic carboxylic acids is 1. The van der Waals surface area contributed by atoms with E-state index in [1.165, 1.54) is 61.6 Å². The van der Waals surface area contributed by atoms with Crippen molar-refractivity contribution >= 4 is 17.8 Å².